The Balaban J connectivity index is 0.000000202. The number of allylic oxidation sites excluding steroid dienone is 3. The van der Waals surface area contributed by atoms with Gasteiger partial charge in [0.15, 0.2) is 0 Å². The van der Waals surface area contributed by atoms with E-state index in [0.29, 0.717) is 0 Å². The summed E-state index contributed by atoms with van der Waals surface area (Å²) in [6, 6.07) is 34.7. The van der Waals surface area contributed by atoms with Gasteiger partial charge in [-0.2, -0.15) is 12.1 Å². The number of benzene rings is 3. The van der Waals surface area contributed by atoms with Gasteiger partial charge in [0.25, 0.3) is 0 Å². The zero-order valence-electron chi connectivity index (χ0n) is 20.6. The van der Waals surface area contributed by atoms with Crippen molar-refractivity contribution >= 4 is 34.8 Å². The van der Waals surface area contributed by atoms with Gasteiger partial charge in [-0.05, 0) is 25.8 Å². The Bertz CT molecular complexity index is 1290. The average Bonchev–Trinajstić information content (AvgIpc) is 3.44. The molecule has 0 heterocycles. The van der Waals surface area contributed by atoms with Gasteiger partial charge in [-0.3, -0.25) is 0 Å². The van der Waals surface area contributed by atoms with Crippen LogP contribution >= 0.6 is 7.92 Å². The largest absolute Gasteiger partial charge is 2.00 e. The van der Waals surface area contributed by atoms with Crippen molar-refractivity contribution in [2.75, 3.05) is 13.3 Å². The molecular weight excluding hydrogens is 507 g/mol. The van der Waals surface area contributed by atoms with E-state index in [9.17, 15) is 0 Å². The van der Waals surface area contributed by atoms with Crippen LogP contribution in [0.5, 0.6) is 0 Å². The number of fused-ring (bicyclic) bond motifs is 2. The summed E-state index contributed by atoms with van der Waals surface area (Å²) >= 11 is 0. The van der Waals surface area contributed by atoms with Crippen LogP contribution in [0.2, 0.25) is 0 Å². The van der Waals surface area contributed by atoms with Crippen molar-refractivity contribution in [3.8, 4) is 11.1 Å². The van der Waals surface area contributed by atoms with Crippen LogP contribution in [0, 0.1) is 6.92 Å². The summed E-state index contributed by atoms with van der Waals surface area (Å²) in [6.07, 6.45) is 5.58. The smallest absolute Gasteiger partial charge is 0.165 e. The Kier molecular flexibility index (Phi) is 11.6. The predicted octanol–water partition coefficient (Wildman–Crippen LogP) is 9.21. The van der Waals surface area contributed by atoms with Gasteiger partial charge < -0.3 is 0 Å². The second kappa shape index (κ2) is 14.2. The van der Waals surface area contributed by atoms with Crippen molar-refractivity contribution in [2.45, 2.75) is 13.8 Å². The number of rotatable bonds is 3. The second-order valence-corrected chi connectivity index (χ2v) is 10.5. The summed E-state index contributed by atoms with van der Waals surface area (Å²) in [5.74, 6) is 0. The zero-order valence-corrected chi connectivity index (χ0v) is 24.0. The molecule has 0 saturated heterocycles. The molecule has 170 valence electrons. The zero-order chi connectivity index (χ0) is 23.6. The Labute approximate surface area is 225 Å². The average molecular weight is 540 g/mol. The third-order valence-electron chi connectivity index (χ3n) is 5.43. The number of aryl methyl sites for hydroxylation is 1. The molecule has 5 aromatic rings. The summed E-state index contributed by atoms with van der Waals surface area (Å²) in [6.45, 7) is 12.2. The van der Waals surface area contributed by atoms with E-state index in [4.69, 9.17) is 0 Å². The third kappa shape index (κ3) is 7.60. The molecule has 5 rings (SSSR count). The van der Waals surface area contributed by atoms with Crippen LogP contribution in [0.1, 0.15) is 12.5 Å². The molecule has 0 unspecified atom stereocenters. The van der Waals surface area contributed by atoms with Crippen LogP contribution < -0.4 is 5.30 Å². The van der Waals surface area contributed by atoms with E-state index in [1.165, 1.54) is 43.5 Å². The summed E-state index contributed by atoms with van der Waals surface area (Å²) in [5, 5.41) is 6.95. The monoisotopic (exact) mass is 538 g/mol. The van der Waals surface area contributed by atoms with Crippen molar-refractivity contribution in [2.24, 2.45) is 0 Å². The second-order valence-electron chi connectivity index (χ2n) is 8.21. The van der Waals surface area contributed by atoms with Gasteiger partial charge in [-0.25, -0.2) is 0 Å². The minimum absolute atomic E-state index is 0. The van der Waals surface area contributed by atoms with Crippen molar-refractivity contribution in [1.82, 2.24) is 0 Å². The maximum absolute atomic E-state index is 3.46. The maximum Gasteiger partial charge on any atom is 2.00 e. The fourth-order valence-corrected chi connectivity index (χ4v) is 4.58. The van der Waals surface area contributed by atoms with Crippen LogP contribution in [0.15, 0.2) is 122 Å². The van der Waals surface area contributed by atoms with Gasteiger partial charge in [0, 0.05) is 0 Å². The Morgan fingerprint density at radius 1 is 0.794 bits per heavy atom. The van der Waals surface area contributed by atoms with E-state index in [-0.39, 0.29) is 34.1 Å². The molecule has 34 heavy (non-hydrogen) atoms. The van der Waals surface area contributed by atoms with Crippen LogP contribution in [-0.2, 0) is 26.2 Å². The van der Waals surface area contributed by atoms with E-state index in [0.717, 1.165) is 0 Å². The van der Waals surface area contributed by atoms with E-state index < -0.39 is 0 Å². The van der Waals surface area contributed by atoms with Crippen LogP contribution in [0.3, 0.4) is 0 Å². The fraction of sp³-hybridized carbons (Fsp3) is 0.125. The molecule has 0 aromatic heterocycles. The molecular formula is C32H33PZr. The minimum Gasteiger partial charge on any atom is -0.165 e. The van der Waals surface area contributed by atoms with Gasteiger partial charge in [0.05, 0.1) is 0 Å². The molecule has 0 radical (unpaired) electrons. The molecule has 0 aliphatic heterocycles. The summed E-state index contributed by atoms with van der Waals surface area (Å²) in [4.78, 5) is 0. The minimum atomic E-state index is 0. The summed E-state index contributed by atoms with van der Waals surface area (Å²) in [7, 11) is 0.0576. The summed E-state index contributed by atoms with van der Waals surface area (Å²) < 4.78 is 0. The maximum atomic E-state index is 3.46. The van der Waals surface area contributed by atoms with Crippen LogP contribution in [-0.4, -0.2) is 13.3 Å². The molecule has 0 saturated carbocycles. The molecule has 0 aliphatic carbocycles. The van der Waals surface area contributed by atoms with Gasteiger partial charge in [0.2, 0.25) is 0 Å². The first kappa shape index (κ1) is 27.9. The van der Waals surface area contributed by atoms with E-state index >= 15 is 0 Å². The van der Waals surface area contributed by atoms with E-state index in [1.54, 1.807) is 6.08 Å². The van der Waals surface area contributed by atoms with Gasteiger partial charge >= 0.3 is 26.2 Å². The molecule has 0 aliphatic rings. The molecule has 0 fully saturated rings. The van der Waals surface area contributed by atoms with E-state index in [2.05, 4.69) is 124 Å². The van der Waals surface area contributed by atoms with Gasteiger partial charge in [0.1, 0.15) is 0 Å². The SMILES string of the molecule is C=CC=CC.CP(C)c1cc2ccccc2[cH-]1.Cc1cc2c(-c3ccccc3)cccc2[cH-]1.[Zr+2]. The topological polar surface area (TPSA) is 0 Å². The van der Waals surface area contributed by atoms with Crippen molar-refractivity contribution in [1.29, 1.82) is 0 Å². The molecule has 0 amide bonds. The molecule has 2 heteroatoms. The molecule has 0 N–H and O–H groups in total. The molecule has 0 bridgehead atoms. The first-order valence-electron chi connectivity index (χ1n) is 11.3. The number of hydrogen-bond donors (Lipinski definition) is 0. The van der Waals surface area contributed by atoms with Crippen molar-refractivity contribution < 1.29 is 26.2 Å². The molecule has 0 atom stereocenters. The molecule has 0 spiro atoms. The third-order valence-corrected chi connectivity index (χ3v) is 6.72. The number of hydrogen-bond acceptors (Lipinski definition) is 0. The predicted molar refractivity (Wildman–Crippen MR) is 153 cm³/mol. The Hall–Kier alpha value is -2.33. The normalized spacial score (nSPS) is 10.4. The standard InChI is InChI=1S/C16H13.C11H12P.C5H8.Zr/c1-12-10-14-8-5-9-15(16(14)11-12)13-6-3-2-4-7-13;1-12(2)11-7-9-5-3-4-6-10(9)8-11;1-3-5-4-2;/h2-11H,1H3;3-8H,1-2H3;3-5H,1H2,2H3;/q2*-1;;+2. The Morgan fingerprint density at radius 2 is 1.47 bits per heavy atom. The first-order chi connectivity index (χ1) is 16.0. The van der Waals surface area contributed by atoms with Gasteiger partial charge in [-0.1, -0.05) is 79.8 Å². The first-order valence-corrected chi connectivity index (χ1v) is 13.5. The van der Waals surface area contributed by atoms with E-state index in [1.807, 2.05) is 19.1 Å². The van der Waals surface area contributed by atoms with Crippen molar-refractivity contribution in [3.63, 3.8) is 0 Å². The summed E-state index contributed by atoms with van der Waals surface area (Å²) in [5.41, 5.74) is 3.95. The van der Waals surface area contributed by atoms with Gasteiger partial charge in [-0.15, -0.1) is 82.8 Å². The van der Waals surface area contributed by atoms with Crippen molar-refractivity contribution in [3.05, 3.63) is 127 Å². The molecule has 5 aromatic carbocycles. The van der Waals surface area contributed by atoms with Crippen LogP contribution in [0.25, 0.3) is 32.7 Å². The fourth-order valence-electron chi connectivity index (χ4n) is 3.78. The quantitative estimate of drug-likeness (QED) is 0.122. The molecule has 0 nitrogen and oxygen atoms in total. The Morgan fingerprint density at radius 3 is 2.09 bits per heavy atom. The van der Waals surface area contributed by atoms with Crippen LogP contribution in [0.4, 0.5) is 0 Å².